The molecule has 3 nitrogen and oxygen atoms in total. The van der Waals surface area contributed by atoms with Gasteiger partial charge in [-0.1, -0.05) is 18.2 Å². The van der Waals surface area contributed by atoms with Gasteiger partial charge >= 0.3 is 0 Å². The summed E-state index contributed by atoms with van der Waals surface area (Å²) >= 11 is 1.45. The number of rotatable bonds is 4. The fourth-order valence-electron chi connectivity index (χ4n) is 1.66. The molecule has 2 aromatic rings. The Labute approximate surface area is 115 Å². The third kappa shape index (κ3) is 3.61. The summed E-state index contributed by atoms with van der Waals surface area (Å²) in [5.41, 5.74) is 1.48. The molecule has 0 saturated carbocycles. The van der Waals surface area contributed by atoms with Crippen LogP contribution in [0.4, 0.5) is 9.52 Å². The summed E-state index contributed by atoms with van der Waals surface area (Å²) in [5.74, 6) is -0.409. The minimum atomic E-state index is -0.267. The average molecular weight is 278 g/mol. The van der Waals surface area contributed by atoms with Crippen LogP contribution in [0.3, 0.4) is 0 Å². The highest BCUT2D eigenvalue weighted by atomic mass is 32.1. The largest absolute Gasteiger partial charge is 0.302 e. The summed E-state index contributed by atoms with van der Waals surface area (Å²) in [5, 5.41) is 3.34. The monoisotopic (exact) mass is 278 g/mol. The number of hydrogen-bond acceptors (Lipinski definition) is 3. The van der Waals surface area contributed by atoms with Gasteiger partial charge in [0, 0.05) is 11.3 Å². The Hall–Kier alpha value is -1.75. The molecular formula is C14H15FN2OS. The van der Waals surface area contributed by atoms with E-state index in [2.05, 4.69) is 10.3 Å². The van der Waals surface area contributed by atoms with E-state index in [0.717, 1.165) is 10.6 Å². The van der Waals surface area contributed by atoms with Crippen molar-refractivity contribution in [2.24, 2.45) is 0 Å². The second kappa shape index (κ2) is 5.93. The molecule has 100 valence electrons. The van der Waals surface area contributed by atoms with Gasteiger partial charge in [0.15, 0.2) is 5.13 Å². The molecule has 0 saturated heterocycles. The molecule has 2 rings (SSSR count). The number of aryl methyl sites for hydroxylation is 3. The first kappa shape index (κ1) is 13.7. The summed E-state index contributed by atoms with van der Waals surface area (Å²) in [7, 11) is 0. The van der Waals surface area contributed by atoms with Gasteiger partial charge in [-0.2, -0.15) is 0 Å². The van der Waals surface area contributed by atoms with E-state index in [0.29, 0.717) is 17.1 Å². The first-order valence-electron chi connectivity index (χ1n) is 6.03. The Bertz CT molecular complexity index is 575. The van der Waals surface area contributed by atoms with Crippen LogP contribution in [-0.4, -0.2) is 10.9 Å². The van der Waals surface area contributed by atoms with Crippen LogP contribution in [0.5, 0.6) is 0 Å². The second-order valence-electron chi connectivity index (χ2n) is 4.30. The number of nitrogens with one attached hydrogen (secondary N) is 1. The maximum absolute atomic E-state index is 13.4. The zero-order valence-corrected chi connectivity index (χ0v) is 11.7. The van der Waals surface area contributed by atoms with Crippen LogP contribution in [0.15, 0.2) is 24.3 Å². The van der Waals surface area contributed by atoms with E-state index in [9.17, 15) is 9.18 Å². The van der Waals surface area contributed by atoms with Gasteiger partial charge < -0.3 is 5.32 Å². The summed E-state index contributed by atoms with van der Waals surface area (Å²) < 4.78 is 13.4. The van der Waals surface area contributed by atoms with Gasteiger partial charge in [0.05, 0.1) is 5.69 Å². The van der Waals surface area contributed by atoms with Gasteiger partial charge in [-0.05, 0) is 31.9 Å². The minimum absolute atomic E-state index is 0.142. The molecule has 0 atom stereocenters. The van der Waals surface area contributed by atoms with E-state index >= 15 is 0 Å². The van der Waals surface area contributed by atoms with Crippen LogP contribution in [-0.2, 0) is 11.2 Å². The molecule has 0 bridgehead atoms. The number of hydrogen-bond donors (Lipinski definition) is 1. The van der Waals surface area contributed by atoms with Crippen LogP contribution in [0.1, 0.15) is 22.6 Å². The number of carbonyl (C=O) groups is 1. The molecule has 1 N–H and O–H groups in total. The lowest BCUT2D eigenvalue weighted by molar-refractivity contribution is -0.116. The molecule has 0 aliphatic heterocycles. The van der Waals surface area contributed by atoms with E-state index in [1.54, 1.807) is 18.2 Å². The normalized spacial score (nSPS) is 10.5. The fourth-order valence-corrected chi connectivity index (χ4v) is 2.49. The van der Waals surface area contributed by atoms with Crippen molar-refractivity contribution >= 4 is 22.4 Å². The molecule has 0 radical (unpaired) electrons. The van der Waals surface area contributed by atoms with Gasteiger partial charge in [0.2, 0.25) is 5.91 Å². The Kier molecular flexibility index (Phi) is 4.27. The Morgan fingerprint density at radius 1 is 1.37 bits per heavy atom. The lowest BCUT2D eigenvalue weighted by Gasteiger charge is -2.03. The maximum Gasteiger partial charge on any atom is 0.226 e. The lowest BCUT2D eigenvalue weighted by Crippen LogP contribution is -2.12. The highest BCUT2D eigenvalue weighted by Crippen LogP contribution is 2.21. The van der Waals surface area contributed by atoms with Crippen molar-refractivity contribution in [1.29, 1.82) is 0 Å². The van der Waals surface area contributed by atoms with Crippen LogP contribution >= 0.6 is 11.3 Å². The topological polar surface area (TPSA) is 42.0 Å². The van der Waals surface area contributed by atoms with Crippen molar-refractivity contribution < 1.29 is 9.18 Å². The molecule has 0 fully saturated rings. The third-order valence-electron chi connectivity index (χ3n) is 2.85. The van der Waals surface area contributed by atoms with Gasteiger partial charge in [0.25, 0.3) is 0 Å². The van der Waals surface area contributed by atoms with E-state index in [-0.39, 0.29) is 18.1 Å². The highest BCUT2D eigenvalue weighted by molar-refractivity contribution is 7.15. The van der Waals surface area contributed by atoms with Gasteiger partial charge in [0.1, 0.15) is 5.82 Å². The number of thiazole rings is 1. The first-order chi connectivity index (χ1) is 9.06. The van der Waals surface area contributed by atoms with Crippen LogP contribution in [0.25, 0.3) is 0 Å². The van der Waals surface area contributed by atoms with Crippen molar-refractivity contribution in [2.75, 3.05) is 5.32 Å². The van der Waals surface area contributed by atoms with E-state index in [4.69, 9.17) is 0 Å². The zero-order chi connectivity index (χ0) is 13.8. The Morgan fingerprint density at radius 3 is 2.74 bits per heavy atom. The molecule has 1 aromatic carbocycles. The molecule has 1 aromatic heterocycles. The summed E-state index contributed by atoms with van der Waals surface area (Å²) in [6.07, 6.45) is 0.639. The van der Waals surface area contributed by atoms with Gasteiger partial charge in [-0.3, -0.25) is 4.79 Å². The molecule has 1 amide bonds. The predicted molar refractivity (Wildman–Crippen MR) is 74.9 cm³/mol. The SMILES string of the molecule is Cc1nc(NC(=O)CCc2ccccc2F)sc1C. The van der Waals surface area contributed by atoms with Crippen molar-refractivity contribution in [1.82, 2.24) is 4.98 Å². The second-order valence-corrected chi connectivity index (χ2v) is 5.50. The average Bonchev–Trinajstić information content (AvgIpc) is 2.67. The number of halogens is 1. The Balaban J connectivity index is 1.90. The van der Waals surface area contributed by atoms with Crippen molar-refractivity contribution in [3.05, 3.63) is 46.2 Å². The molecule has 0 spiro atoms. The molecule has 5 heteroatoms. The molecule has 1 heterocycles. The predicted octanol–water partition coefficient (Wildman–Crippen LogP) is 3.47. The summed E-state index contributed by atoms with van der Waals surface area (Å²) in [4.78, 5) is 17.1. The third-order valence-corrected chi connectivity index (χ3v) is 3.84. The molecule has 0 unspecified atom stereocenters. The number of amides is 1. The van der Waals surface area contributed by atoms with E-state index < -0.39 is 0 Å². The van der Waals surface area contributed by atoms with Crippen molar-refractivity contribution in [3.8, 4) is 0 Å². The van der Waals surface area contributed by atoms with Crippen molar-refractivity contribution in [3.63, 3.8) is 0 Å². The summed E-state index contributed by atoms with van der Waals surface area (Å²) in [6, 6.07) is 6.50. The molecule has 0 aliphatic rings. The van der Waals surface area contributed by atoms with Crippen LogP contribution in [0.2, 0.25) is 0 Å². The lowest BCUT2D eigenvalue weighted by atomic mass is 10.1. The molecule has 0 aliphatic carbocycles. The summed E-state index contributed by atoms with van der Waals surface area (Å²) in [6.45, 7) is 3.86. The highest BCUT2D eigenvalue weighted by Gasteiger charge is 2.09. The van der Waals surface area contributed by atoms with E-state index in [1.807, 2.05) is 13.8 Å². The number of benzene rings is 1. The zero-order valence-electron chi connectivity index (χ0n) is 10.9. The standard InChI is InChI=1S/C14H15FN2OS/c1-9-10(2)19-14(16-9)17-13(18)8-7-11-5-3-4-6-12(11)15/h3-6H,7-8H2,1-2H3,(H,16,17,18). The van der Waals surface area contributed by atoms with Gasteiger partial charge in [-0.15, -0.1) is 11.3 Å². The van der Waals surface area contributed by atoms with Crippen LogP contribution < -0.4 is 5.32 Å². The van der Waals surface area contributed by atoms with Crippen LogP contribution in [0, 0.1) is 19.7 Å². The molecular weight excluding hydrogens is 263 g/mol. The number of anilines is 1. The number of nitrogens with zero attached hydrogens (tertiary/aromatic N) is 1. The number of carbonyl (C=O) groups excluding carboxylic acids is 1. The van der Waals surface area contributed by atoms with Gasteiger partial charge in [-0.25, -0.2) is 9.37 Å². The van der Waals surface area contributed by atoms with Crippen molar-refractivity contribution in [2.45, 2.75) is 26.7 Å². The quantitative estimate of drug-likeness (QED) is 0.930. The maximum atomic E-state index is 13.4. The number of aromatic nitrogens is 1. The fraction of sp³-hybridized carbons (Fsp3) is 0.286. The minimum Gasteiger partial charge on any atom is -0.302 e. The smallest absolute Gasteiger partial charge is 0.226 e. The Morgan fingerprint density at radius 2 is 2.11 bits per heavy atom. The molecule has 19 heavy (non-hydrogen) atoms. The van der Waals surface area contributed by atoms with E-state index in [1.165, 1.54) is 17.4 Å². The first-order valence-corrected chi connectivity index (χ1v) is 6.85.